The van der Waals surface area contributed by atoms with E-state index in [1.807, 2.05) is 12.1 Å². The van der Waals surface area contributed by atoms with E-state index in [2.05, 4.69) is 31.2 Å². The Hall–Kier alpha value is -1.47. The summed E-state index contributed by atoms with van der Waals surface area (Å²) in [6, 6.07) is 3.72. The first-order valence-electron chi connectivity index (χ1n) is 4.65. The van der Waals surface area contributed by atoms with Gasteiger partial charge in [-0.05, 0) is 35.0 Å². The van der Waals surface area contributed by atoms with Gasteiger partial charge in [-0.1, -0.05) is 0 Å². The van der Waals surface area contributed by atoms with Crippen LogP contribution in [0.3, 0.4) is 0 Å². The lowest BCUT2D eigenvalue weighted by molar-refractivity contribution is 0.0697. The van der Waals surface area contributed by atoms with Crippen LogP contribution in [0.5, 0.6) is 0 Å². The molecule has 0 aliphatic carbocycles. The van der Waals surface area contributed by atoms with Crippen LogP contribution in [0.1, 0.15) is 16.2 Å². The van der Waals surface area contributed by atoms with Crippen molar-refractivity contribution in [1.82, 2.24) is 9.97 Å². The number of rotatable bonds is 3. The first kappa shape index (κ1) is 12.0. The fraction of sp³-hybridized carbons (Fsp3) is 0.100. The van der Waals surface area contributed by atoms with Crippen molar-refractivity contribution in [3.8, 4) is 0 Å². The number of carbonyl (C=O) groups is 1. The molecule has 0 spiro atoms. The van der Waals surface area contributed by atoms with E-state index >= 15 is 0 Å². The van der Waals surface area contributed by atoms with Gasteiger partial charge in [-0.25, -0.2) is 14.8 Å². The minimum Gasteiger partial charge on any atom is -0.477 e. The van der Waals surface area contributed by atoms with Crippen molar-refractivity contribution in [2.75, 3.05) is 5.32 Å². The summed E-state index contributed by atoms with van der Waals surface area (Å²) in [6.45, 7) is 1.71. The number of nitrogens with one attached hydrogen (secondary N) is 1. The monoisotopic (exact) mass is 313 g/mol. The molecule has 0 amide bonds. The molecule has 2 aromatic rings. The van der Waals surface area contributed by atoms with Crippen LogP contribution in [-0.4, -0.2) is 21.0 Å². The van der Waals surface area contributed by atoms with Gasteiger partial charge in [0.05, 0.1) is 8.79 Å². The maximum absolute atomic E-state index is 11.0. The highest BCUT2D eigenvalue weighted by atomic mass is 79.9. The van der Waals surface area contributed by atoms with E-state index in [0.29, 0.717) is 11.6 Å². The van der Waals surface area contributed by atoms with Gasteiger partial charge >= 0.3 is 5.97 Å². The molecule has 0 bridgehead atoms. The summed E-state index contributed by atoms with van der Waals surface area (Å²) in [7, 11) is 0. The average Bonchev–Trinajstić information content (AvgIpc) is 2.63. The summed E-state index contributed by atoms with van der Waals surface area (Å²) in [5.74, 6) is -0.226. The topological polar surface area (TPSA) is 75.1 Å². The SMILES string of the molecule is Cc1ncc(C(=O)O)c(Nc2ccc(Br)s2)n1. The summed E-state index contributed by atoms with van der Waals surface area (Å²) in [4.78, 5) is 19.0. The molecule has 7 heteroatoms. The summed E-state index contributed by atoms with van der Waals surface area (Å²) in [5.41, 5.74) is 0.0557. The van der Waals surface area contributed by atoms with Crippen molar-refractivity contribution in [2.24, 2.45) is 0 Å². The fourth-order valence-corrected chi connectivity index (χ4v) is 2.51. The second-order valence-corrected chi connectivity index (χ2v) is 5.68. The third-order valence-corrected chi connectivity index (χ3v) is 3.49. The number of halogens is 1. The maximum Gasteiger partial charge on any atom is 0.341 e. The Morgan fingerprint density at radius 1 is 1.53 bits per heavy atom. The van der Waals surface area contributed by atoms with Crippen molar-refractivity contribution in [2.45, 2.75) is 6.92 Å². The Kier molecular flexibility index (Phi) is 3.39. The third kappa shape index (κ3) is 2.80. The molecule has 2 heterocycles. The Morgan fingerprint density at radius 3 is 2.88 bits per heavy atom. The van der Waals surface area contributed by atoms with E-state index < -0.39 is 5.97 Å². The number of hydrogen-bond donors (Lipinski definition) is 2. The van der Waals surface area contributed by atoms with E-state index in [4.69, 9.17) is 5.11 Å². The number of thiophene rings is 1. The molecule has 0 radical (unpaired) electrons. The zero-order valence-electron chi connectivity index (χ0n) is 8.77. The Labute approximate surface area is 110 Å². The molecule has 0 atom stereocenters. The van der Waals surface area contributed by atoms with Crippen molar-refractivity contribution in [3.05, 3.63) is 33.5 Å². The van der Waals surface area contributed by atoms with E-state index in [1.54, 1.807) is 6.92 Å². The standard InChI is InChI=1S/C10H8BrN3O2S/c1-5-12-4-6(10(15)16)9(13-5)14-8-3-2-7(11)17-8/h2-4H,1H3,(H,15,16)(H,12,13,14). The molecular formula is C10H8BrN3O2S. The molecule has 0 aliphatic heterocycles. The van der Waals surface area contributed by atoms with Crippen LogP contribution in [0, 0.1) is 6.92 Å². The molecule has 17 heavy (non-hydrogen) atoms. The molecular weight excluding hydrogens is 306 g/mol. The van der Waals surface area contributed by atoms with Crippen LogP contribution in [-0.2, 0) is 0 Å². The van der Waals surface area contributed by atoms with E-state index in [0.717, 1.165) is 8.79 Å². The minimum atomic E-state index is -1.05. The number of carboxylic acids is 1. The highest BCUT2D eigenvalue weighted by Crippen LogP contribution is 2.29. The predicted molar refractivity (Wildman–Crippen MR) is 69.0 cm³/mol. The zero-order chi connectivity index (χ0) is 12.4. The summed E-state index contributed by atoms with van der Waals surface area (Å²) < 4.78 is 0.961. The number of aryl methyl sites for hydroxylation is 1. The smallest absolute Gasteiger partial charge is 0.341 e. The summed E-state index contributed by atoms with van der Waals surface area (Å²) in [5, 5.41) is 12.8. The van der Waals surface area contributed by atoms with E-state index in [-0.39, 0.29) is 5.56 Å². The zero-order valence-corrected chi connectivity index (χ0v) is 11.2. The molecule has 5 nitrogen and oxygen atoms in total. The van der Waals surface area contributed by atoms with Crippen molar-refractivity contribution in [1.29, 1.82) is 0 Å². The number of carboxylic acid groups (broad SMARTS) is 1. The summed E-state index contributed by atoms with van der Waals surface area (Å²) in [6.07, 6.45) is 1.30. The van der Waals surface area contributed by atoms with Crippen LogP contribution in [0.4, 0.5) is 10.8 Å². The van der Waals surface area contributed by atoms with Gasteiger partial charge in [0.15, 0.2) is 0 Å². The number of hydrogen-bond acceptors (Lipinski definition) is 5. The lowest BCUT2D eigenvalue weighted by Gasteiger charge is -2.06. The molecule has 0 aromatic carbocycles. The molecule has 0 fully saturated rings. The fourth-order valence-electron chi connectivity index (χ4n) is 1.22. The first-order chi connectivity index (χ1) is 8.06. The first-order valence-corrected chi connectivity index (χ1v) is 6.26. The van der Waals surface area contributed by atoms with Gasteiger partial charge in [0.25, 0.3) is 0 Å². The van der Waals surface area contributed by atoms with Crippen molar-refractivity contribution in [3.63, 3.8) is 0 Å². The van der Waals surface area contributed by atoms with Gasteiger partial charge in [0.1, 0.15) is 17.2 Å². The lowest BCUT2D eigenvalue weighted by Crippen LogP contribution is -2.06. The molecule has 0 unspecified atom stereocenters. The van der Waals surface area contributed by atoms with E-state index in [1.165, 1.54) is 17.5 Å². The quantitative estimate of drug-likeness (QED) is 0.911. The highest BCUT2D eigenvalue weighted by Gasteiger charge is 2.13. The minimum absolute atomic E-state index is 0.0557. The Morgan fingerprint density at radius 2 is 2.29 bits per heavy atom. The largest absolute Gasteiger partial charge is 0.477 e. The lowest BCUT2D eigenvalue weighted by atomic mass is 10.3. The molecule has 0 saturated carbocycles. The molecule has 2 rings (SSSR count). The van der Waals surface area contributed by atoms with Crippen LogP contribution in [0.15, 0.2) is 22.1 Å². The second-order valence-electron chi connectivity index (χ2n) is 3.21. The Balaban J connectivity index is 2.37. The van der Waals surface area contributed by atoms with E-state index in [9.17, 15) is 4.79 Å². The number of aromatic nitrogens is 2. The molecule has 0 saturated heterocycles. The van der Waals surface area contributed by atoms with Gasteiger partial charge in [-0.15, -0.1) is 11.3 Å². The summed E-state index contributed by atoms with van der Waals surface area (Å²) >= 11 is 4.80. The average molecular weight is 314 g/mol. The normalized spacial score (nSPS) is 10.2. The molecule has 88 valence electrons. The second kappa shape index (κ2) is 4.80. The van der Waals surface area contributed by atoms with Crippen molar-refractivity contribution >= 4 is 44.1 Å². The maximum atomic E-state index is 11.0. The van der Waals surface area contributed by atoms with Gasteiger partial charge in [0, 0.05) is 6.20 Å². The van der Waals surface area contributed by atoms with Crippen LogP contribution < -0.4 is 5.32 Å². The van der Waals surface area contributed by atoms with Gasteiger partial charge in [-0.2, -0.15) is 0 Å². The number of nitrogens with zero attached hydrogens (tertiary/aromatic N) is 2. The number of anilines is 2. The van der Waals surface area contributed by atoms with Gasteiger partial charge in [0.2, 0.25) is 0 Å². The predicted octanol–water partition coefficient (Wildman–Crippen LogP) is 3.05. The van der Waals surface area contributed by atoms with Crippen molar-refractivity contribution < 1.29 is 9.90 Å². The van der Waals surface area contributed by atoms with Crippen LogP contribution >= 0.6 is 27.3 Å². The third-order valence-electron chi connectivity index (χ3n) is 1.95. The Bertz CT molecular complexity index is 570. The van der Waals surface area contributed by atoms with Crippen LogP contribution in [0.25, 0.3) is 0 Å². The highest BCUT2D eigenvalue weighted by molar-refractivity contribution is 9.11. The molecule has 0 aliphatic rings. The molecule has 2 aromatic heterocycles. The van der Waals surface area contributed by atoms with Gasteiger partial charge in [-0.3, -0.25) is 0 Å². The van der Waals surface area contributed by atoms with Crippen LogP contribution in [0.2, 0.25) is 0 Å². The number of aromatic carboxylic acids is 1. The van der Waals surface area contributed by atoms with Gasteiger partial charge < -0.3 is 10.4 Å². The molecule has 2 N–H and O–H groups in total.